The second-order valence-electron chi connectivity index (χ2n) is 4.76. The third-order valence-corrected chi connectivity index (χ3v) is 4.35. The van der Waals surface area contributed by atoms with Gasteiger partial charge in [0.15, 0.2) is 0 Å². The van der Waals surface area contributed by atoms with Gasteiger partial charge in [0.25, 0.3) is 0 Å². The molecular weight excluding hydrogens is 274 g/mol. The van der Waals surface area contributed by atoms with Crippen LogP contribution in [0.25, 0.3) is 0 Å². The number of carbonyl (C=O) groups excluding carboxylic acids is 1. The molecular formula is C15H23NO3S. The van der Waals surface area contributed by atoms with Crippen LogP contribution in [0, 0.1) is 0 Å². The molecule has 0 aliphatic heterocycles. The van der Waals surface area contributed by atoms with Crippen LogP contribution in [0.2, 0.25) is 0 Å². The van der Waals surface area contributed by atoms with Crippen LogP contribution in [-0.4, -0.2) is 40.6 Å². The topological polar surface area (TPSA) is 69.6 Å². The van der Waals surface area contributed by atoms with E-state index in [0.29, 0.717) is 12.8 Å². The maximum atomic E-state index is 11.8. The minimum absolute atomic E-state index is 0.122. The lowest BCUT2D eigenvalue weighted by molar-refractivity contribution is -0.124. The molecule has 20 heavy (non-hydrogen) atoms. The molecule has 0 bridgehead atoms. The van der Waals surface area contributed by atoms with Gasteiger partial charge in [-0.25, -0.2) is 0 Å². The van der Waals surface area contributed by atoms with Crippen molar-refractivity contribution in [2.75, 3.05) is 19.0 Å². The van der Waals surface area contributed by atoms with Gasteiger partial charge in [-0.1, -0.05) is 25.1 Å². The highest BCUT2D eigenvalue weighted by atomic mass is 32.2. The first kappa shape index (κ1) is 17.0. The standard InChI is InChI=1S/C15H23NO3S/c1-2-15(11-17,12-18)16-14(19)9-6-10-20-13-7-4-3-5-8-13/h3-5,7-8,17-18H,2,6,9-12H2,1H3,(H,16,19). The maximum Gasteiger partial charge on any atom is 0.220 e. The summed E-state index contributed by atoms with van der Waals surface area (Å²) < 4.78 is 0. The Morgan fingerprint density at radius 1 is 1.25 bits per heavy atom. The Balaban J connectivity index is 2.26. The fraction of sp³-hybridized carbons (Fsp3) is 0.533. The van der Waals surface area contributed by atoms with Gasteiger partial charge in [-0.3, -0.25) is 4.79 Å². The molecule has 0 aliphatic carbocycles. The minimum Gasteiger partial charge on any atom is -0.394 e. The van der Waals surface area contributed by atoms with Crippen molar-refractivity contribution in [3.63, 3.8) is 0 Å². The highest BCUT2D eigenvalue weighted by Crippen LogP contribution is 2.18. The van der Waals surface area contributed by atoms with E-state index in [-0.39, 0.29) is 19.1 Å². The van der Waals surface area contributed by atoms with Crippen molar-refractivity contribution in [2.24, 2.45) is 0 Å². The van der Waals surface area contributed by atoms with Crippen LogP contribution in [0.3, 0.4) is 0 Å². The van der Waals surface area contributed by atoms with E-state index in [1.54, 1.807) is 11.8 Å². The Kier molecular flexibility index (Phi) is 7.65. The van der Waals surface area contributed by atoms with Crippen molar-refractivity contribution in [1.82, 2.24) is 5.32 Å². The zero-order chi connectivity index (χ0) is 14.8. The minimum atomic E-state index is -0.885. The van der Waals surface area contributed by atoms with E-state index in [2.05, 4.69) is 5.32 Å². The number of rotatable bonds is 9. The molecule has 0 spiro atoms. The number of hydrogen-bond donors (Lipinski definition) is 3. The van der Waals surface area contributed by atoms with Gasteiger partial charge in [0.1, 0.15) is 0 Å². The average Bonchev–Trinajstić information content (AvgIpc) is 2.50. The smallest absolute Gasteiger partial charge is 0.220 e. The van der Waals surface area contributed by atoms with Gasteiger partial charge < -0.3 is 15.5 Å². The zero-order valence-electron chi connectivity index (χ0n) is 11.8. The molecule has 0 saturated carbocycles. The van der Waals surface area contributed by atoms with Gasteiger partial charge in [0, 0.05) is 11.3 Å². The molecule has 5 heteroatoms. The first-order valence-electron chi connectivity index (χ1n) is 6.86. The lowest BCUT2D eigenvalue weighted by Gasteiger charge is -2.29. The van der Waals surface area contributed by atoms with Gasteiger partial charge in [-0.15, -0.1) is 11.8 Å². The molecule has 1 aromatic carbocycles. The summed E-state index contributed by atoms with van der Waals surface area (Å²) in [5.74, 6) is 0.748. The third-order valence-electron chi connectivity index (χ3n) is 3.25. The number of carbonyl (C=O) groups is 1. The van der Waals surface area contributed by atoms with E-state index >= 15 is 0 Å². The highest BCUT2D eigenvalue weighted by molar-refractivity contribution is 7.99. The SMILES string of the molecule is CCC(CO)(CO)NC(=O)CCCSc1ccccc1. The monoisotopic (exact) mass is 297 g/mol. The van der Waals surface area contributed by atoms with Crippen molar-refractivity contribution in [2.45, 2.75) is 36.6 Å². The molecule has 0 atom stereocenters. The van der Waals surface area contributed by atoms with E-state index in [9.17, 15) is 15.0 Å². The molecule has 0 aliphatic rings. The summed E-state index contributed by atoms with van der Waals surface area (Å²) in [5, 5.41) is 21.3. The Hall–Kier alpha value is -1.04. The van der Waals surface area contributed by atoms with Gasteiger partial charge in [0.05, 0.1) is 18.8 Å². The van der Waals surface area contributed by atoms with E-state index in [4.69, 9.17) is 0 Å². The molecule has 4 nitrogen and oxygen atoms in total. The van der Waals surface area contributed by atoms with Crippen LogP contribution in [0.1, 0.15) is 26.2 Å². The van der Waals surface area contributed by atoms with Gasteiger partial charge in [-0.05, 0) is 30.7 Å². The molecule has 0 heterocycles. The van der Waals surface area contributed by atoms with Crippen LogP contribution in [-0.2, 0) is 4.79 Å². The van der Waals surface area contributed by atoms with Crippen LogP contribution in [0.4, 0.5) is 0 Å². The quantitative estimate of drug-likeness (QED) is 0.480. The normalized spacial score (nSPS) is 11.3. The van der Waals surface area contributed by atoms with Crippen molar-refractivity contribution < 1.29 is 15.0 Å². The van der Waals surface area contributed by atoms with Crippen molar-refractivity contribution >= 4 is 17.7 Å². The summed E-state index contributed by atoms with van der Waals surface area (Å²) in [6, 6.07) is 10.1. The van der Waals surface area contributed by atoms with Gasteiger partial charge in [0.2, 0.25) is 5.91 Å². The Morgan fingerprint density at radius 2 is 1.90 bits per heavy atom. The van der Waals surface area contributed by atoms with Gasteiger partial charge in [-0.2, -0.15) is 0 Å². The van der Waals surface area contributed by atoms with E-state index in [1.165, 1.54) is 4.90 Å². The zero-order valence-corrected chi connectivity index (χ0v) is 12.7. The molecule has 0 aromatic heterocycles. The molecule has 112 valence electrons. The summed E-state index contributed by atoms with van der Waals surface area (Å²) in [4.78, 5) is 13.0. The molecule has 0 unspecified atom stereocenters. The first-order chi connectivity index (χ1) is 9.65. The lowest BCUT2D eigenvalue weighted by atomic mass is 9.98. The largest absolute Gasteiger partial charge is 0.394 e. The number of benzene rings is 1. The summed E-state index contributed by atoms with van der Waals surface area (Å²) in [7, 11) is 0. The lowest BCUT2D eigenvalue weighted by Crippen LogP contribution is -2.53. The Bertz CT molecular complexity index is 385. The number of thioether (sulfide) groups is 1. The highest BCUT2D eigenvalue weighted by Gasteiger charge is 2.28. The van der Waals surface area contributed by atoms with Crippen LogP contribution >= 0.6 is 11.8 Å². The first-order valence-corrected chi connectivity index (χ1v) is 7.85. The Labute approximate surface area is 124 Å². The third kappa shape index (κ3) is 5.53. The van der Waals surface area contributed by atoms with Gasteiger partial charge >= 0.3 is 0 Å². The molecule has 1 amide bonds. The summed E-state index contributed by atoms with van der Waals surface area (Å²) in [6.07, 6.45) is 1.67. The van der Waals surface area contributed by atoms with Crippen molar-refractivity contribution in [3.05, 3.63) is 30.3 Å². The maximum absolute atomic E-state index is 11.8. The van der Waals surface area contributed by atoms with Crippen molar-refractivity contribution in [1.29, 1.82) is 0 Å². The van der Waals surface area contributed by atoms with Crippen molar-refractivity contribution in [3.8, 4) is 0 Å². The van der Waals surface area contributed by atoms with Crippen LogP contribution in [0.15, 0.2) is 35.2 Å². The Morgan fingerprint density at radius 3 is 2.45 bits per heavy atom. The van der Waals surface area contributed by atoms with E-state index < -0.39 is 5.54 Å². The average molecular weight is 297 g/mol. The summed E-state index contributed by atoms with van der Waals surface area (Å²) in [5.41, 5.74) is -0.885. The molecule has 0 saturated heterocycles. The number of hydrogen-bond acceptors (Lipinski definition) is 4. The fourth-order valence-electron chi connectivity index (χ4n) is 1.74. The molecule has 1 rings (SSSR count). The number of nitrogens with one attached hydrogen (secondary N) is 1. The number of aliphatic hydroxyl groups excluding tert-OH is 2. The van der Waals surface area contributed by atoms with E-state index in [0.717, 1.165) is 12.2 Å². The predicted molar refractivity (Wildman–Crippen MR) is 81.7 cm³/mol. The number of aliphatic hydroxyl groups is 2. The molecule has 1 aromatic rings. The summed E-state index contributed by atoms with van der Waals surface area (Å²) in [6.45, 7) is 1.34. The predicted octanol–water partition coefficient (Wildman–Crippen LogP) is 1.81. The second-order valence-corrected chi connectivity index (χ2v) is 5.93. The van der Waals surface area contributed by atoms with Crippen LogP contribution in [0.5, 0.6) is 0 Å². The van der Waals surface area contributed by atoms with Crippen LogP contribution < -0.4 is 5.32 Å². The fourth-order valence-corrected chi connectivity index (χ4v) is 2.61. The number of amides is 1. The molecule has 3 N–H and O–H groups in total. The second kappa shape index (κ2) is 9.00. The molecule has 0 fully saturated rings. The molecule has 0 radical (unpaired) electrons. The summed E-state index contributed by atoms with van der Waals surface area (Å²) >= 11 is 1.72. The van der Waals surface area contributed by atoms with E-state index in [1.807, 2.05) is 37.3 Å².